The molecule has 0 aliphatic rings. The maximum atomic E-state index is 11.9. The predicted molar refractivity (Wildman–Crippen MR) is 76.0 cm³/mol. The zero-order valence-corrected chi connectivity index (χ0v) is 11.3. The van der Waals surface area contributed by atoms with Crippen LogP contribution in [-0.2, 0) is 4.79 Å². The molecule has 100 valence electrons. The van der Waals surface area contributed by atoms with Gasteiger partial charge < -0.3 is 10.2 Å². The van der Waals surface area contributed by atoms with Crippen LogP contribution >= 0.6 is 0 Å². The number of benzene rings is 1. The Kier molecular flexibility index (Phi) is 4.28. The van der Waals surface area contributed by atoms with Gasteiger partial charge in [0.1, 0.15) is 0 Å². The molecule has 2 aromatic rings. The Balaban J connectivity index is 2.03. The van der Waals surface area contributed by atoms with E-state index >= 15 is 0 Å². The summed E-state index contributed by atoms with van der Waals surface area (Å²) in [6.07, 6.45) is 1.76. The van der Waals surface area contributed by atoms with Gasteiger partial charge in [-0.2, -0.15) is 0 Å². The third-order valence-corrected chi connectivity index (χ3v) is 3.00. The van der Waals surface area contributed by atoms with Crippen molar-refractivity contribution in [1.29, 1.82) is 0 Å². The second kappa shape index (κ2) is 6.13. The predicted octanol–water partition coefficient (Wildman–Crippen LogP) is 1.91. The van der Waals surface area contributed by atoms with Crippen LogP contribution in [0.5, 0.6) is 0 Å². The Morgan fingerprint density at radius 2 is 2.00 bits per heavy atom. The average molecular weight is 258 g/mol. The first-order valence-electron chi connectivity index (χ1n) is 6.48. The monoisotopic (exact) mass is 258 g/mol. The minimum Gasteiger partial charge on any atom is -0.345 e. The van der Waals surface area contributed by atoms with Crippen molar-refractivity contribution in [2.45, 2.75) is 13.8 Å². The molecule has 5 heteroatoms. The highest BCUT2D eigenvalue weighted by molar-refractivity contribution is 5.81. The van der Waals surface area contributed by atoms with Gasteiger partial charge in [0.15, 0.2) is 0 Å². The smallest absolute Gasteiger partial charge is 0.241 e. The second-order valence-corrected chi connectivity index (χ2v) is 4.17. The number of carbonyl (C=O) groups excluding carboxylic acids is 1. The molecule has 0 atom stereocenters. The number of nitrogens with one attached hydrogen (secondary N) is 1. The molecular formula is C14H18N4O. The van der Waals surface area contributed by atoms with E-state index in [0.717, 1.165) is 24.0 Å². The number of aromatic nitrogens is 2. The Morgan fingerprint density at radius 1 is 1.26 bits per heavy atom. The van der Waals surface area contributed by atoms with Crippen LogP contribution in [0.4, 0.5) is 5.95 Å². The van der Waals surface area contributed by atoms with Crippen molar-refractivity contribution >= 4 is 22.8 Å². The Hall–Kier alpha value is -2.17. The van der Waals surface area contributed by atoms with Gasteiger partial charge in [-0.15, -0.1) is 0 Å². The van der Waals surface area contributed by atoms with Gasteiger partial charge in [-0.1, -0.05) is 18.2 Å². The summed E-state index contributed by atoms with van der Waals surface area (Å²) in [5.41, 5.74) is 0.871. The zero-order chi connectivity index (χ0) is 13.7. The van der Waals surface area contributed by atoms with Gasteiger partial charge in [-0.25, -0.2) is 9.97 Å². The molecule has 1 N–H and O–H groups in total. The molecule has 0 aliphatic heterocycles. The Morgan fingerprint density at radius 3 is 2.74 bits per heavy atom. The lowest BCUT2D eigenvalue weighted by molar-refractivity contribution is -0.128. The van der Waals surface area contributed by atoms with Crippen LogP contribution in [0.2, 0.25) is 0 Å². The molecule has 1 heterocycles. The first-order chi connectivity index (χ1) is 9.24. The number of likely N-dealkylation sites (N-methyl/N-ethyl adjacent to an activating group) is 1. The number of carbonyl (C=O) groups is 1. The van der Waals surface area contributed by atoms with E-state index in [0.29, 0.717) is 5.95 Å². The van der Waals surface area contributed by atoms with Crippen molar-refractivity contribution < 1.29 is 4.79 Å². The van der Waals surface area contributed by atoms with Crippen molar-refractivity contribution in [2.75, 3.05) is 25.0 Å². The minimum absolute atomic E-state index is 0.0572. The van der Waals surface area contributed by atoms with E-state index in [2.05, 4.69) is 15.3 Å². The van der Waals surface area contributed by atoms with Crippen molar-refractivity contribution in [3.8, 4) is 0 Å². The summed E-state index contributed by atoms with van der Waals surface area (Å²) in [6, 6.07) is 7.76. The Bertz CT molecular complexity index is 566. The molecule has 2 rings (SSSR count). The normalized spacial score (nSPS) is 10.4. The first-order valence-corrected chi connectivity index (χ1v) is 6.48. The van der Waals surface area contributed by atoms with Gasteiger partial charge in [0.2, 0.25) is 11.9 Å². The molecule has 0 fully saturated rings. The van der Waals surface area contributed by atoms with E-state index in [-0.39, 0.29) is 12.5 Å². The maximum absolute atomic E-state index is 11.9. The molecule has 19 heavy (non-hydrogen) atoms. The number of hydrogen-bond acceptors (Lipinski definition) is 4. The molecule has 0 radical (unpaired) electrons. The zero-order valence-electron chi connectivity index (χ0n) is 11.3. The maximum Gasteiger partial charge on any atom is 0.241 e. The molecule has 0 aliphatic carbocycles. The molecular weight excluding hydrogens is 240 g/mol. The summed E-state index contributed by atoms with van der Waals surface area (Å²) >= 11 is 0. The molecule has 0 saturated carbocycles. The number of rotatable bonds is 5. The standard InChI is InChI=1S/C14H18N4O/c1-3-18(4-2)13(19)10-16-14-15-9-11-7-5-6-8-12(11)17-14/h5-9H,3-4,10H2,1-2H3,(H,15,16,17). The van der Waals surface area contributed by atoms with Crippen molar-refractivity contribution in [3.63, 3.8) is 0 Å². The van der Waals surface area contributed by atoms with E-state index in [1.54, 1.807) is 11.1 Å². The first kappa shape index (κ1) is 13.3. The topological polar surface area (TPSA) is 58.1 Å². The molecule has 0 saturated heterocycles. The summed E-state index contributed by atoms with van der Waals surface area (Å²) in [5.74, 6) is 0.543. The van der Waals surface area contributed by atoms with Crippen LogP contribution in [0.25, 0.3) is 10.9 Å². The Labute approximate surface area is 112 Å². The van der Waals surface area contributed by atoms with Gasteiger partial charge in [0, 0.05) is 24.7 Å². The average Bonchev–Trinajstić information content (AvgIpc) is 2.46. The largest absolute Gasteiger partial charge is 0.345 e. The fourth-order valence-corrected chi connectivity index (χ4v) is 1.90. The number of para-hydroxylation sites is 1. The van der Waals surface area contributed by atoms with Crippen LogP contribution in [0, 0.1) is 0 Å². The summed E-state index contributed by atoms with van der Waals surface area (Å²) in [7, 11) is 0. The van der Waals surface area contributed by atoms with E-state index in [1.807, 2.05) is 38.1 Å². The number of fused-ring (bicyclic) bond motifs is 1. The molecule has 1 aromatic heterocycles. The highest BCUT2D eigenvalue weighted by Gasteiger charge is 2.09. The second-order valence-electron chi connectivity index (χ2n) is 4.17. The summed E-state index contributed by atoms with van der Waals surface area (Å²) < 4.78 is 0. The number of amides is 1. The van der Waals surface area contributed by atoms with E-state index in [4.69, 9.17) is 0 Å². The SMILES string of the molecule is CCN(CC)C(=O)CNc1ncc2ccccc2n1. The van der Waals surface area contributed by atoms with E-state index in [1.165, 1.54) is 0 Å². The van der Waals surface area contributed by atoms with Gasteiger partial charge in [0.05, 0.1) is 12.1 Å². The van der Waals surface area contributed by atoms with Crippen molar-refractivity contribution in [3.05, 3.63) is 30.5 Å². The van der Waals surface area contributed by atoms with Gasteiger partial charge in [0.25, 0.3) is 0 Å². The van der Waals surface area contributed by atoms with Gasteiger partial charge in [-0.05, 0) is 19.9 Å². The van der Waals surface area contributed by atoms with Crippen LogP contribution in [0.15, 0.2) is 30.5 Å². The highest BCUT2D eigenvalue weighted by atomic mass is 16.2. The quantitative estimate of drug-likeness (QED) is 0.890. The summed E-state index contributed by atoms with van der Waals surface area (Å²) in [6.45, 7) is 5.59. The van der Waals surface area contributed by atoms with Crippen molar-refractivity contribution in [2.24, 2.45) is 0 Å². The lowest BCUT2D eigenvalue weighted by Gasteiger charge is -2.18. The van der Waals surface area contributed by atoms with Gasteiger partial charge in [-0.3, -0.25) is 4.79 Å². The number of anilines is 1. The van der Waals surface area contributed by atoms with Crippen LogP contribution in [0.1, 0.15) is 13.8 Å². The minimum atomic E-state index is 0.0572. The molecule has 0 unspecified atom stereocenters. The molecule has 0 spiro atoms. The molecule has 1 amide bonds. The van der Waals surface area contributed by atoms with Crippen LogP contribution in [0.3, 0.4) is 0 Å². The lowest BCUT2D eigenvalue weighted by atomic mass is 10.2. The lowest BCUT2D eigenvalue weighted by Crippen LogP contribution is -2.35. The van der Waals surface area contributed by atoms with E-state index in [9.17, 15) is 4.79 Å². The number of nitrogens with zero attached hydrogens (tertiary/aromatic N) is 3. The third-order valence-electron chi connectivity index (χ3n) is 3.00. The molecule has 1 aromatic carbocycles. The van der Waals surface area contributed by atoms with Crippen LogP contribution in [-0.4, -0.2) is 40.4 Å². The van der Waals surface area contributed by atoms with Crippen LogP contribution < -0.4 is 5.32 Å². The van der Waals surface area contributed by atoms with Crippen molar-refractivity contribution in [1.82, 2.24) is 14.9 Å². The fourth-order valence-electron chi connectivity index (χ4n) is 1.90. The summed E-state index contributed by atoms with van der Waals surface area (Å²) in [5, 5.41) is 3.96. The molecule has 5 nitrogen and oxygen atoms in total. The van der Waals surface area contributed by atoms with Gasteiger partial charge >= 0.3 is 0 Å². The highest BCUT2D eigenvalue weighted by Crippen LogP contribution is 2.11. The molecule has 0 bridgehead atoms. The fraction of sp³-hybridized carbons (Fsp3) is 0.357. The number of hydrogen-bond donors (Lipinski definition) is 1. The third kappa shape index (κ3) is 3.19. The van der Waals surface area contributed by atoms with E-state index < -0.39 is 0 Å². The summed E-state index contributed by atoms with van der Waals surface area (Å²) in [4.78, 5) is 22.2.